The van der Waals surface area contributed by atoms with Crippen LogP contribution < -0.4 is 10.3 Å². The maximum atomic E-state index is 14.7. The van der Waals surface area contributed by atoms with Gasteiger partial charge in [-0.2, -0.15) is 5.10 Å². The average molecular weight is 383 g/mol. The van der Waals surface area contributed by atoms with Crippen molar-refractivity contribution in [1.29, 1.82) is 0 Å². The molecular formula is C22H26FN3O2. The third kappa shape index (κ3) is 3.86. The number of nitrogens with one attached hydrogen (secondary N) is 1. The van der Waals surface area contributed by atoms with Crippen molar-refractivity contribution in [3.05, 3.63) is 58.9 Å². The highest BCUT2D eigenvalue weighted by atomic mass is 19.1. The highest BCUT2D eigenvalue weighted by molar-refractivity contribution is 5.88. The van der Waals surface area contributed by atoms with E-state index in [0.29, 0.717) is 17.2 Å². The molecular weight excluding hydrogens is 357 g/mol. The number of benzene rings is 2. The third-order valence-electron chi connectivity index (χ3n) is 5.35. The first-order valence-electron chi connectivity index (χ1n) is 9.46. The summed E-state index contributed by atoms with van der Waals surface area (Å²) in [6.07, 6.45) is 2.47. The lowest BCUT2D eigenvalue weighted by Crippen LogP contribution is -2.48. The van der Waals surface area contributed by atoms with Crippen LogP contribution >= 0.6 is 0 Å². The maximum Gasteiger partial charge on any atom is 0.335 e. The summed E-state index contributed by atoms with van der Waals surface area (Å²) in [5.74, 6) is -0.962. The van der Waals surface area contributed by atoms with Gasteiger partial charge in [0.05, 0.1) is 17.5 Å². The lowest BCUT2D eigenvalue weighted by molar-refractivity contribution is 0.0697. The topological polar surface area (TPSA) is 64.9 Å². The van der Waals surface area contributed by atoms with Crippen LogP contribution in [0.4, 0.5) is 15.8 Å². The Hall–Kier alpha value is -2.89. The molecule has 0 fully saturated rings. The second-order valence-electron chi connectivity index (χ2n) is 7.85. The number of hydrogen-bond acceptors (Lipinski definition) is 4. The van der Waals surface area contributed by atoms with E-state index in [1.807, 2.05) is 6.07 Å². The molecule has 1 atom stereocenters. The molecule has 0 aromatic heterocycles. The minimum atomic E-state index is -0.982. The van der Waals surface area contributed by atoms with E-state index < -0.39 is 5.97 Å². The largest absolute Gasteiger partial charge is 0.478 e. The van der Waals surface area contributed by atoms with Crippen molar-refractivity contribution >= 4 is 23.6 Å². The van der Waals surface area contributed by atoms with Crippen molar-refractivity contribution in [2.75, 3.05) is 16.9 Å². The van der Waals surface area contributed by atoms with Crippen LogP contribution in [0.5, 0.6) is 0 Å². The third-order valence-corrected chi connectivity index (χ3v) is 5.35. The SMILES string of the molecule is CCN1c2cc(F)c(/C=N/Nc3ccc(C(=O)O)cc3)cc2C(C)CC1(C)C. The van der Waals surface area contributed by atoms with E-state index in [0.717, 1.165) is 24.2 Å². The van der Waals surface area contributed by atoms with Gasteiger partial charge in [0.2, 0.25) is 0 Å². The van der Waals surface area contributed by atoms with Crippen LogP contribution in [0.2, 0.25) is 0 Å². The number of aromatic carboxylic acids is 1. The van der Waals surface area contributed by atoms with Gasteiger partial charge in [0, 0.05) is 23.3 Å². The first-order valence-corrected chi connectivity index (χ1v) is 9.46. The minimum Gasteiger partial charge on any atom is -0.478 e. The summed E-state index contributed by atoms with van der Waals surface area (Å²) in [5.41, 5.74) is 6.15. The van der Waals surface area contributed by atoms with Crippen molar-refractivity contribution in [2.24, 2.45) is 5.10 Å². The molecule has 28 heavy (non-hydrogen) atoms. The first-order chi connectivity index (χ1) is 13.2. The van der Waals surface area contributed by atoms with Crippen molar-refractivity contribution < 1.29 is 14.3 Å². The van der Waals surface area contributed by atoms with E-state index in [-0.39, 0.29) is 16.9 Å². The average Bonchev–Trinajstić information content (AvgIpc) is 2.62. The zero-order valence-corrected chi connectivity index (χ0v) is 16.7. The Labute approximate surface area is 164 Å². The van der Waals surface area contributed by atoms with Crippen LogP contribution in [0.25, 0.3) is 0 Å². The Bertz CT molecular complexity index is 907. The molecule has 0 saturated heterocycles. The maximum absolute atomic E-state index is 14.7. The number of rotatable bonds is 5. The predicted octanol–water partition coefficient (Wildman–Crippen LogP) is 5.08. The summed E-state index contributed by atoms with van der Waals surface area (Å²) in [7, 11) is 0. The van der Waals surface area contributed by atoms with Crippen LogP contribution in [0.3, 0.4) is 0 Å². The van der Waals surface area contributed by atoms with Crippen LogP contribution in [0, 0.1) is 5.82 Å². The van der Waals surface area contributed by atoms with Gasteiger partial charge in [0.1, 0.15) is 5.82 Å². The minimum absolute atomic E-state index is 0.00706. The highest BCUT2D eigenvalue weighted by Gasteiger charge is 2.36. The zero-order valence-electron chi connectivity index (χ0n) is 16.7. The molecule has 2 N–H and O–H groups in total. The molecule has 3 rings (SSSR count). The molecule has 5 nitrogen and oxygen atoms in total. The first kappa shape index (κ1) is 19.9. The zero-order chi connectivity index (χ0) is 20.5. The van der Waals surface area contributed by atoms with E-state index in [1.165, 1.54) is 18.3 Å². The molecule has 0 saturated carbocycles. The van der Waals surface area contributed by atoms with E-state index in [2.05, 4.69) is 43.1 Å². The molecule has 0 radical (unpaired) electrons. The van der Waals surface area contributed by atoms with Gasteiger partial charge < -0.3 is 10.0 Å². The Morgan fingerprint density at radius 3 is 2.64 bits per heavy atom. The van der Waals surface area contributed by atoms with E-state index in [9.17, 15) is 9.18 Å². The summed E-state index contributed by atoms with van der Waals surface area (Å²) in [5, 5.41) is 13.0. The van der Waals surface area contributed by atoms with Crippen LogP contribution in [0.1, 0.15) is 61.5 Å². The molecule has 0 bridgehead atoms. The van der Waals surface area contributed by atoms with Gasteiger partial charge in [-0.25, -0.2) is 9.18 Å². The summed E-state index contributed by atoms with van der Waals surface area (Å²) >= 11 is 0. The van der Waals surface area contributed by atoms with Gasteiger partial charge in [-0.15, -0.1) is 0 Å². The van der Waals surface area contributed by atoms with Gasteiger partial charge in [-0.3, -0.25) is 5.43 Å². The summed E-state index contributed by atoms with van der Waals surface area (Å²) in [4.78, 5) is 13.1. The number of carbonyl (C=O) groups is 1. The van der Waals surface area contributed by atoms with Crippen LogP contribution in [-0.4, -0.2) is 29.4 Å². The van der Waals surface area contributed by atoms with Gasteiger partial charge in [0.25, 0.3) is 0 Å². The van der Waals surface area contributed by atoms with Crippen LogP contribution in [0.15, 0.2) is 41.5 Å². The number of anilines is 2. The number of carboxylic acid groups (broad SMARTS) is 1. The molecule has 1 aliphatic rings. The predicted molar refractivity (Wildman–Crippen MR) is 111 cm³/mol. The highest BCUT2D eigenvalue weighted by Crippen LogP contribution is 2.43. The lowest BCUT2D eigenvalue weighted by atomic mass is 9.79. The van der Waals surface area contributed by atoms with Crippen molar-refractivity contribution in [2.45, 2.75) is 45.6 Å². The fourth-order valence-electron chi connectivity index (χ4n) is 4.08. The van der Waals surface area contributed by atoms with Gasteiger partial charge in [0.15, 0.2) is 0 Å². The Morgan fingerprint density at radius 2 is 2.04 bits per heavy atom. The van der Waals surface area contributed by atoms with Gasteiger partial charge in [-0.05, 0) is 75.1 Å². The summed E-state index contributed by atoms with van der Waals surface area (Å²) < 4.78 is 14.7. The molecule has 2 aromatic rings. The molecule has 148 valence electrons. The molecule has 0 spiro atoms. The van der Waals surface area contributed by atoms with Gasteiger partial charge >= 0.3 is 5.97 Å². The molecule has 0 amide bonds. The smallest absolute Gasteiger partial charge is 0.335 e. The van der Waals surface area contributed by atoms with E-state index in [4.69, 9.17) is 5.11 Å². The number of hydrogen-bond donors (Lipinski definition) is 2. The normalized spacial score (nSPS) is 18.2. The summed E-state index contributed by atoms with van der Waals surface area (Å²) in [6.45, 7) is 9.49. The Morgan fingerprint density at radius 1 is 1.36 bits per heavy atom. The lowest BCUT2D eigenvalue weighted by Gasteiger charge is -2.47. The monoisotopic (exact) mass is 383 g/mol. The number of halogens is 1. The van der Waals surface area contributed by atoms with Crippen molar-refractivity contribution in [3.8, 4) is 0 Å². The van der Waals surface area contributed by atoms with Gasteiger partial charge in [-0.1, -0.05) is 6.92 Å². The number of nitrogens with zero attached hydrogens (tertiary/aromatic N) is 2. The van der Waals surface area contributed by atoms with Crippen molar-refractivity contribution in [3.63, 3.8) is 0 Å². The number of carboxylic acids is 1. The fraction of sp³-hybridized carbons (Fsp3) is 0.364. The number of hydrazone groups is 1. The molecule has 1 aliphatic heterocycles. The second-order valence-corrected chi connectivity index (χ2v) is 7.85. The van der Waals surface area contributed by atoms with E-state index in [1.54, 1.807) is 18.2 Å². The molecule has 6 heteroatoms. The van der Waals surface area contributed by atoms with Crippen molar-refractivity contribution in [1.82, 2.24) is 0 Å². The summed E-state index contributed by atoms with van der Waals surface area (Å²) in [6, 6.07) is 9.70. The van der Waals surface area contributed by atoms with Crippen LogP contribution in [-0.2, 0) is 0 Å². The Kier molecular flexibility index (Phi) is 5.40. The standard InChI is InChI=1S/C22H26FN3O2/c1-5-26-20-11-19(23)16(10-18(20)14(2)12-22(26,3)4)13-24-25-17-8-6-15(7-9-17)21(27)28/h6-11,13-14,25H,5,12H2,1-4H3,(H,27,28)/b24-13+. The molecule has 1 heterocycles. The molecule has 2 aromatic carbocycles. The Balaban J connectivity index is 1.83. The fourth-order valence-corrected chi connectivity index (χ4v) is 4.08. The number of fused-ring (bicyclic) bond motifs is 1. The second kappa shape index (κ2) is 7.62. The van der Waals surface area contributed by atoms with E-state index >= 15 is 0 Å². The molecule has 1 unspecified atom stereocenters. The molecule has 0 aliphatic carbocycles. The quantitative estimate of drug-likeness (QED) is 0.558.